The van der Waals surface area contributed by atoms with Crippen LogP contribution in [0.4, 0.5) is 5.82 Å². The number of aromatic amines is 1. The smallest absolute Gasteiger partial charge is 0.276 e. The summed E-state index contributed by atoms with van der Waals surface area (Å²) in [4.78, 5) is 36.1. The van der Waals surface area contributed by atoms with E-state index in [1.165, 1.54) is 23.1 Å². The topological polar surface area (TPSA) is 104 Å². The van der Waals surface area contributed by atoms with Crippen molar-refractivity contribution in [3.63, 3.8) is 0 Å². The Kier molecular flexibility index (Phi) is 6.78. The lowest BCUT2D eigenvalue weighted by Crippen LogP contribution is -2.38. The number of carbonyl (C=O) groups is 2. The Morgan fingerprint density at radius 3 is 2.90 bits per heavy atom. The lowest BCUT2D eigenvalue weighted by atomic mass is 9.97. The average Bonchev–Trinajstić information content (AvgIpc) is 3.50. The SMILES string of the molecule is C=CCSc1ncccc1C(=O)N1CCC(c2nc(C(=O)Nc3ccn[nH]3)cs2)CC1. The van der Waals surface area contributed by atoms with Gasteiger partial charge in [0, 0.05) is 42.4 Å². The van der Waals surface area contributed by atoms with E-state index in [0.717, 1.165) is 22.9 Å². The molecule has 3 aromatic rings. The van der Waals surface area contributed by atoms with E-state index in [4.69, 9.17) is 0 Å². The van der Waals surface area contributed by atoms with Crippen molar-refractivity contribution >= 4 is 40.7 Å². The predicted octanol–water partition coefficient (Wildman–Crippen LogP) is 3.81. The van der Waals surface area contributed by atoms with Crippen molar-refractivity contribution in [3.05, 3.63) is 64.9 Å². The number of nitrogens with one attached hydrogen (secondary N) is 2. The fraction of sp³-hybridized carbons (Fsp3) is 0.286. The van der Waals surface area contributed by atoms with Crippen LogP contribution in [-0.2, 0) is 0 Å². The lowest BCUT2D eigenvalue weighted by molar-refractivity contribution is 0.0708. The highest BCUT2D eigenvalue weighted by Crippen LogP contribution is 2.31. The van der Waals surface area contributed by atoms with E-state index in [9.17, 15) is 9.59 Å². The molecule has 0 spiro atoms. The number of pyridine rings is 1. The van der Waals surface area contributed by atoms with Gasteiger partial charge >= 0.3 is 0 Å². The van der Waals surface area contributed by atoms with Gasteiger partial charge in [-0.2, -0.15) is 5.10 Å². The number of aromatic nitrogens is 4. The number of thioether (sulfide) groups is 1. The predicted molar refractivity (Wildman–Crippen MR) is 122 cm³/mol. The first-order chi connectivity index (χ1) is 15.2. The number of hydrogen-bond donors (Lipinski definition) is 2. The van der Waals surface area contributed by atoms with Gasteiger partial charge in [0.25, 0.3) is 11.8 Å². The first-order valence-corrected chi connectivity index (χ1v) is 11.8. The van der Waals surface area contributed by atoms with Crippen LogP contribution in [-0.4, -0.2) is 55.7 Å². The summed E-state index contributed by atoms with van der Waals surface area (Å²) in [6, 6.07) is 5.31. The molecular formula is C21H22N6O2S2. The summed E-state index contributed by atoms with van der Waals surface area (Å²) >= 11 is 3.00. The monoisotopic (exact) mass is 454 g/mol. The van der Waals surface area contributed by atoms with E-state index in [1.807, 2.05) is 11.0 Å². The Hall–Kier alpha value is -2.98. The lowest BCUT2D eigenvalue weighted by Gasteiger charge is -2.31. The highest BCUT2D eigenvalue weighted by atomic mass is 32.2. The van der Waals surface area contributed by atoms with E-state index in [0.29, 0.717) is 35.9 Å². The third kappa shape index (κ3) is 5.02. The molecule has 1 aliphatic rings. The Labute approximate surface area is 188 Å². The maximum atomic E-state index is 13.0. The molecule has 4 heterocycles. The number of piperidine rings is 1. The van der Waals surface area contributed by atoms with Crippen LogP contribution >= 0.6 is 23.1 Å². The van der Waals surface area contributed by atoms with Crippen LogP contribution in [0.2, 0.25) is 0 Å². The van der Waals surface area contributed by atoms with Crippen LogP contribution in [0, 0.1) is 0 Å². The minimum absolute atomic E-state index is 0.0110. The van der Waals surface area contributed by atoms with Crippen molar-refractivity contribution in [2.24, 2.45) is 0 Å². The van der Waals surface area contributed by atoms with Crippen molar-refractivity contribution in [1.29, 1.82) is 0 Å². The number of H-pyrrole nitrogens is 1. The zero-order valence-electron chi connectivity index (χ0n) is 16.8. The van der Waals surface area contributed by atoms with Crippen molar-refractivity contribution in [3.8, 4) is 0 Å². The van der Waals surface area contributed by atoms with Gasteiger partial charge in [0.05, 0.1) is 16.8 Å². The van der Waals surface area contributed by atoms with Gasteiger partial charge in [-0.3, -0.25) is 14.7 Å². The molecule has 31 heavy (non-hydrogen) atoms. The molecule has 10 heteroatoms. The summed E-state index contributed by atoms with van der Waals surface area (Å²) in [5.41, 5.74) is 1.03. The molecule has 0 saturated carbocycles. The van der Waals surface area contributed by atoms with Crippen LogP contribution in [0.1, 0.15) is 44.6 Å². The van der Waals surface area contributed by atoms with E-state index in [-0.39, 0.29) is 17.7 Å². The van der Waals surface area contributed by atoms with E-state index in [1.54, 1.807) is 36.0 Å². The minimum Gasteiger partial charge on any atom is -0.339 e. The van der Waals surface area contributed by atoms with Crippen LogP contribution in [0.5, 0.6) is 0 Å². The minimum atomic E-state index is -0.263. The number of rotatable bonds is 7. The molecule has 3 aromatic heterocycles. The molecule has 2 amide bonds. The number of hydrogen-bond acceptors (Lipinski definition) is 7. The molecule has 1 fully saturated rings. The van der Waals surface area contributed by atoms with E-state index < -0.39 is 0 Å². The molecule has 0 unspecified atom stereocenters. The van der Waals surface area contributed by atoms with Gasteiger partial charge in [0.15, 0.2) is 0 Å². The maximum absolute atomic E-state index is 13.0. The molecule has 0 radical (unpaired) electrons. The summed E-state index contributed by atoms with van der Waals surface area (Å²) in [6.07, 6.45) is 6.71. The molecule has 4 rings (SSSR count). The van der Waals surface area contributed by atoms with Crippen molar-refractivity contribution in [2.45, 2.75) is 23.8 Å². The third-order valence-corrected chi connectivity index (χ3v) is 6.98. The Balaban J connectivity index is 1.36. The molecule has 0 aromatic carbocycles. The van der Waals surface area contributed by atoms with Gasteiger partial charge in [-0.1, -0.05) is 6.08 Å². The van der Waals surface area contributed by atoms with Gasteiger partial charge in [-0.15, -0.1) is 29.7 Å². The average molecular weight is 455 g/mol. The van der Waals surface area contributed by atoms with Gasteiger partial charge in [-0.25, -0.2) is 9.97 Å². The van der Waals surface area contributed by atoms with Crippen LogP contribution in [0.15, 0.2) is 53.7 Å². The quantitative estimate of drug-likeness (QED) is 0.416. The molecule has 0 bridgehead atoms. The summed E-state index contributed by atoms with van der Waals surface area (Å²) in [7, 11) is 0. The summed E-state index contributed by atoms with van der Waals surface area (Å²) in [5.74, 6) is 1.23. The second-order valence-electron chi connectivity index (χ2n) is 7.02. The van der Waals surface area contributed by atoms with Crippen LogP contribution < -0.4 is 5.32 Å². The highest BCUT2D eigenvalue weighted by Gasteiger charge is 2.28. The third-order valence-electron chi connectivity index (χ3n) is 4.97. The molecule has 0 atom stereocenters. The standard InChI is InChI=1S/C21H22N6O2S2/c1-2-12-30-20-15(4-3-8-22-20)21(29)27-10-6-14(7-11-27)19-24-16(13-31-19)18(28)25-17-5-9-23-26-17/h2-5,8-9,13-14H,1,6-7,10-12H2,(H2,23,25,26,28). The number of thiazole rings is 1. The normalized spacial score (nSPS) is 14.4. The molecule has 1 aliphatic heterocycles. The highest BCUT2D eigenvalue weighted by molar-refractivity contribution is 7.99. The molecule has 0 aliphatic carbocycles. The van der Waals surface area contributed by atoms with E-state index in [2.05, 4.69) is 32.1 Å². The van der Waals surface area contributed by atoms with Gasteiger partial charge in [0.2, 0.25) is 0 Å². The maximum Gasteiger partial charge on any atom is 0.276 e. The molecular weight excluding hydrogens is 432 g/mol. The first-order valence-electron chi connectivity index (χ1n) is 9.90. The Morgan fingerprint density at radius 2 is 2.16 bits per heavy atom. The second-order valence-corrected chi connectivity index (χ2v) is 8.92. The summed E-state index contributed by atoms with van der Waals surface area (Å²) < 4.78 is 0. The molecule has 8 nitrogen and oxygen atoms in total. The Bertz CT molecular complexity index is 1060. The van der Waals surface area contributed by atoms with Gasteiger partial charge < -0.3 is 10.2 Å². The molecule has 160 valence electrons. The van der Waals surface area contributed by atoms with Crippen molar-refractivity contribution in [2.75, 3.05) is 24.2 Å². The first kappa shape index (κ1) is 21.3. The summed E-state index contributed by atoms with van der Waals surface area (Å²) in [5, 5.41) is 12.7. The van der Waals surface area contributed by atoms with Crippen molar-refractivity contribution < 1.29 is 9.59 Å². The van der Waals surface area contributed by atoms with Gasteiger partial charge in [-0.05, 0) is 25.0 Å². The fourth-order valence-electron chi connectivity index (χ4n) is 3.40. The number of nitrogens with zero attached hydrogens (tertiary/aromatic N) is 4. The number of likely N-dealkylation sites (tertiary alicyclic amines) is 1. The van der Waals surface area contributed by atoms with Crippen molar-refractivity contribution in [1.82, 2.24) is 25.1 Å². The number of anilines is 1. The van der Waals surface area contributed by atoms with Crippen LogP contribution in [0.3, 0.4) is 0 Å². The number of carbonyl (C=O) groups excluding carboxylic acids is 2. The van der Waals surface area contributed by atoms with Crippen LogP contribution in [0.25, 0.3) is 0 Å². The molecule has 2 N–H and O–H groups in total. The van der Waals surface area contributed by atoms with Gasteiger partial charge in [0.1, 0.15) is 16.5 Å². The second kappa shape index (κ2) is 9.88. The molecule has 1 saturated heterocycles. The zero-order chi connectivity index (χ0) is 21.6. The van der Waals surface area contributed by atoms with E-state index >= 15 is 0 Å². The zero-order valence-corrected chi connectivity index (χ0v) is 18.4. The largest absolute Gasteiger partial charge is 0.339 e. The Morgan fingerprint density at radius 1 is 1.32 bits per heavy atom. The summed E-state index contributed by atoms with van der Waals surface area (Å²) in [6.45, 7) is 5.03. The fourth-order valence-corrected chi connectivity index (χ4v) is 5.09. The number of amides is 2.